The number of benzene rings is 2. The van der Waals surface area contributed by atoms with Gasteiger partial charge in [0.2, 0.25) is 0 Å². The normalized spacial score (nSPS) is 12.3. The monoisotopic (exact) mass is 831 g/mol. The molecule has 5 nitrogen and oxygen atoms in total. The maximum absolute atomic E-state index is 12.9. The minimum Gasteiger partial charge on any atom is -0.481 e. The number of carbonyl (C=O) groups is 2. The number of aliphatic carboxylic acids is 2. The van der Waals surface area contributed by atoms with Crippen LogP contribution in [0.4, 0.5) is 0 Å². The number of hydrogen-bond donors (Lipinski definition) is 3. The van der Waals surface area contributed by atoms with E-state index in [1.54, 1.807) is 0 Å². The molecule has 0 amide bonds. The molecular weight excluding hydrogens is 745 g/mol. The van der Waals surface area contributed by atoms with Crippen LogP contribution >= 0.6 is 0 Å². The summed E-state index contributed by atoms with van der Waals surface area (Å²) in [5, 5.41) is 19.5. The van der Waals surface area contributed by atoms with E-state index in [-0.39, 0.29) is 5.04 Å². The third kappa shape index (κ3) is 24.8. The zero-order valence-corrected chi connectivity index (χ0v) is 38.7. The molecular formula is C53H86O5Si. The Morgan fingerprint density at radius 3 is 1.08 bits per heavy atom. The summed E-state index contributed by atoms with van der Waals surface area (Å²) < 4.78 is 0. The van der Waals surface area contributed by atoms with Gasteiger partial charge in [-0.15, -0.1) is 0 Å². The lowest BCUT2D eigenvalue weighted by Gasteiger charge is -2.43. The minimum absolute atomic E-state index is 0.203. The fourth-order valence-electron chi connectivity index (χ4n) is 8.94. The van der Waals surface area contributed by atoms with Crippen molar-refractivity contribution >= 4 is 30.6 Å². The fraction of sp³-hybridized carbons (Fsp3) is 0.660. The van der Waals surface area contributed by atoms with Gasteiger partial charge in [0.1, 0.15) is 0 Å². The minimum atomic E-state index is -3.03. The first-order chi connectivity index (χ1) is 28.7. The Hall–Kier alpha value is -2.96. The summed E-state index contributed by atoms with van der Waals surface area (Å²) in [4.78, 5) is 34.1. The molecule has 332 valence electrons. The highest BCUT2D eigenvalue weighted by molar-refractivity contribution is 6.98. The van der Waals surface area contributed by atoms with Crippen molar-refractivity contribution in [1.82, 2.24) is 0 Å². The van der Waals surface area contributed by atoms with Crippen molar-refractivity contribution in [2.45, 2.75) is 218 Å². The molecule has 0 bridgehead atoms. The van der Waals surface area contributed by atoms with E-state index in [0.717, 1.165) is 68.2 Å². The first-order valence-electron chi connectivity index (χ1n) is 24.2. The second-order valence-electron chi connectivity index (χ2n) is 18.1. The molecule has 0 saturated carbocycles. The Morgan fingerprint density at radius 1 is 0.475 bits per heavy atom. The number of hydrogen-bond acceptors (Lipinski definition) is 3. The zero-order chi connectivity index (χ0) is 42.7. The first kappa shape index (κ1) is 52.2. The van der Waals surface area contributed by atoms with Gasteiger partial charge >= 0.3 is 11.9 Å². The van der Waals surface area contributed by atoms with Crippen LogP contribution in [0.3, 0.4) is 0 Å². The summed E-state index contributed by atoms with van der Waals surface area (Å²) >= 11 is 0. The Balaban J connectivity index is 1.75. The molecule has 3 N–H and O–H groups in total. The smallest absolute Gasteiger partial charge is 0.303 e. The number of rotatable bonds is 39. The number of allylic oxidation sites excluding steroid dienone is 4. The molecule has 6 heteroatoms. The largest absolute Gasteiger partial charge is 0.481 e. The lowest BCUT2D eigenvalue weighted by molar-refractivity contribution is -0.138. The molecule has 0 aliphatic rings. The molecule has 59 heavy (non-hydrogen) atoms. The van der Waals surface area contributed by atoms with Crippen molar-refractivity contribution in [3.05, 3.63) is 85.0 Å². The van der Waals surface area contributed by atoms with Crippen LogP contribution in [0, 0.1) is 5.92 Å². The molecule has 2 rings (SSSR count). The summed E-state index contributed by atoms with van der Waals surface area (Å²) in [7, 11) is -3.03. The molecule has 0 aliphatic carbocycles. The van der Waals surface area contributed by atoms with E-state index in [1.807, 2.05) is 0 Å². The maximum Gasteiger partial charge on any atom is 0.303 e. The summed E-state index contributed by atoms with van der Waals surface area (Å²) in [5.74, 6) is -0.729. The van der Waals surface area contributed by atoms with Gasteiger partial charge in [-0.05, 0) is 92.0 Å². The van der Waals surface area contributed by atoms with Crippen LogP contribution in [0.2, 0.25) is 5.04 Å². The molecule has 0 atom stereocenters. The van der Waals surface area contributed by atoms with Gasteiger partial charge < -0.3 is 15.0 Å². The number of carboxylic acid groups (broad SMARTS) is 2. The predicted octanol–water partition coefficient (Wildman–Crippen LogP) is 14.5. The summed E-state index contributed by atoms with van der Waals surface area (Å²) in [6.07, 6.45) is 44.7. The summed E-state index contributed by atoms with van der Waals surface area (Å²) in [6, 6.07) is 21.1. The molecule has 0 fully saturated rings. The third-order valence-corrected chi connectivity index (χ3v) is 17.0. The van der Waals surface area contributed by atoms with Crippen molar-refractivity contribution in [2.24, 2.45) is 5.92 Å². The van der Waals surface area contributed by atoms with Crippen molar-refractivity contribution in [2.75, 3.05) is 0 Å². The van der Waals surface area contributed by atoms with Crippen LogP contribution in [0.25, 0.3) is 0 Å². The first-order valence-corrected chi connectivity index (χ1v) is 26.2. The molecule has 2 aromatic rings. The Kier molecular flexibility index (Phi) is 29.8. The van der Waals surface area contributed by atoms with Crippen molar-refractivity contribution in [3.8, 4) is 0 Å². The summed E-state index contributed by atoms with van der Waals surface area (Å²) in [6.45, 7) is 4.71. The van der Waals surface area contributed by atoms with E-state index in [1.165, 1.54) is 128 Å². The van der Waals surface area contributed by atoms with Gasteiger partial charge in [-0.25, -0.2) is 0 Å². The highest BCUT2D eigenvalue weighted by Crippen LogP contribution is 2.44. The zero-order valence-electron chi connectivity index (χ0n) is 37.7. The standard InChI is InChI=1S/C53H86O5Si/c1-53(2,59(58,49-41-33-29-34-42-49)50-43-35-30-36-44-50)47-48(39-31-25-21-17-13-9-5-3-7-11-15-19-23-27-37-45-51(54)55)40-32-26-22-18-14-10-6-4-8-12-16-20-24-28-38-46-52(56)57/h3-4,7-8,29-30,33-36,41-44,48,58H,5-6,9-28,31-32,37-40,45-47H2,1-2H3,(H,54,55)(H,56,57)/b7-3-,8-4-. The quantitative estimate of drug-likeness (QED) is 0.0354. The topological polar surface area (TPSA) is 94.8 Å². The van der Waals surface area contributed by atoms with E-state index in [0.29, 0.717) is 18.8 Å². The lowest BCUT2D eigenvalue weighted by atomic mass is 9.87. The average Bonchev–Trinajstić information content (AvgIpc) is 3.22. The van der Waals surface area contributed by atoms with Crippen molar-refractivity contribution < 1.29 is 24.6 Å². The van der Waals surface area contributed by atoms with Crippen LogP contribution < -0.4 is 10.4 Å². The SMILES string of the molecule is CC(C)(CC(CCCCCCCC/C=C\CCCCCCCC(=O)O)CCCCCCCC/C=C\CCCCCCCC(=O)O)[Si](O)(c1ccccc1)c1ccccc1. The molecule has 0 radical (unpaired) electrons. The molecule has 0 unspecified atom stereocenters. The molecule has 0 aliphatic heterocycles. The molecule has 0 spiro atoms. The molecule has 0 aromatic heterocycles. The van der Waals surface area contributed by atoms with Crippen LogP contribution in [0.5, 0.6) is 0 Å². The summed E-state index contributed by atoms with van der Waals surface area (Å²) in [5.41, 5.74) is 0. The van der Waals surface area contributed by atoms with Crippen LogP contribution in [0.1, 0.15) is 213 Å². The molecule has 0 heterocycles. The van der Waals surface area contributed by atoms with Gasteiger partial charge in [0.25, 0.3) is 8.32 Å². The van der Waals surface area contributed by atoms with Gasteiger partial charge in [0.05, 0.1) is 0 Å². The second-order valence-corrected chi connectivity index (χ2v) is 22.1. The third-order valence-electron chi connectivity index (χ3n) is 12.5. The van der Waals surface area contributed by atoms with E-state index in [9.17, 15) is 14.4 Å². The fourth-order valence-corrected chi connectivity index (χ4v) is 12.8. The lowest BCUT2D eigenvalue weighted by Crippen LogP contribution is -2.65. The second kappa shape index (κ2) is 33.7. The van der Waals surface area contributed by atoms with Gasteiger partial charge in [-0.1, -0.05) is 214 Å². The number of carboxylic acids is 2. The van der Waals surface area contributed by atoms with Gasteiger partial charge in [0, 0.05) is 12.8 Å². The Bertz CT molecular complexity index is 1280. The Morgan fingerprint density at radius 2 is 0.763 bits per heavy atom. The van der Waals surface area contributed by atoms with Crippen LogP contribution in [-0.2, 0) is 9.59 Å². The van der Waals surface area contributed by atoms with E-state index >= 15 is 0 Å². The van der Waals surface area contributed by atoms with Gasteiger partial charge in [-0.2, -0.15) is 0 Å². The van der Waals surface area contributed by atoms with Crippen LogP contribution in [-0.4, -0.2) is 35.3 Å². The number of unbranched alkanes of at least 4 members (excludes halogenated alkanes) is 22. The molecule has 0 saturated heterocycles. The van der Waals surface area contributed by atoms with Gasteiger partial charge in [0.15, 0.2) is 0 Å². The van der Waals surface area contributed by atoms with Crippen LogP contribution in [0.15, 0.2) is 85.0 Å². The van der Waals surface area contributed by atoms with Crippen molar-refractivity contribution in [1.29, 1.82) is 0 Å². The predicted molar refractivity (Wildman–Crippen MR) is 254 cm³/mol. The highest BCUT2D eigenvalue weighted by atomic mass is 28.4. The average molecular weight is 831 g/mol. The van der Waals surface area contributed by atoms with E-state index in [2.05, 4.69) is 98.8 Å². The highest BCUT2D eigenvalue weighted by Gasteiger charge is 2.50. The Labute approximate surface area is 362 Å². The molecule has 2 aromatic carbocycles. The van der Waals surface area contributed by atoms with Gasteiger partial charge in [-0.3, -0.25) is 9.59 Å². The van der Waals surface area contributed by atoms with E-state index < -0.39 is 20.3 Å². The van der Waals surface area contributed by atoms with E-state index in [4.69, 9.17) is 10.2 Å². The maximum atomic E-state index is 12.9. The van der Waals surface area contributed by atoms with Crippen molar-refractivity contribution in [3.63, 3.8) is 0 Å².